The minimum Gasteiger partial charge on any atom is -0.298 e. The molecule has 0 spiro atoms. The number of nitrogens with zero attached hydrogens (tertiary/aromatic N) is 1. The summed E-state index contributed by atoms with van der Waals surface area (Å²) in [4.78, 5) is 2.93. The summed E-state index contributed by atoms with van der Waals surface area (Å²) in [6.45, 7) is 14.8. The van der Waals surface area contributed by atoms with E-state index in [-0.39, 0.29) is 0 Å². The highest BCUT2D eigenvalue weighted by Crippen LogP contribution is 2.25. The fourth-order valence-corrected chi connectivity index (χ4v) is 7.91. The van der Waals surface area contributed by atoms with Crippen LogP contribution < -0.4 is 0 Å². The fraction of sp³-hybridized carbons (Fsp3) is 1.00. The highest BCUT2D eigenvalue weighted by atomic mass is 15.2. The van der Waals surface area contributed by atoms with Gasteiger partial charge in [0.2, 0.25) is 0 Å². The summed E-state index contributed by atoms with van der Waals surface area (Å²) in [5.74, 6) is 0. The van der Waals surface area contributed by atoms with Crippen LogP contribution in [0.5, 0.6) is 0 Å². The predicted octanol–water partition coefficient (Wildman–Crippen LogP) is 17.3. The Labute approximate surface area is 307 Å². The van der Waals surface area contributed by atoms with E-state index in [0.717, 1.165) is 0 Å². The number of unbranched alkanes of at least 4 members (excludes halogenated alkanes) is 35. The van der Waals surface area contributed by atoms with E-state index in [9.17, 15) is 0 Å². The third-order valence-electron chi connectivity index (χ3n) is 11.6. The fourth-order valence-electron chi connectivity index (χ4n) is 7.91. The first kappa shape index (κ1) is 48.0. The van der Waals surface area contributed by atoms with Crippen molar-refractivity contribution in [1.82, 2.24) is 4.90 Å². The van der Waals surface area contributed by atoms with Gasteiger partial charge in [-0.1, -0.05) is 252 Å². The van der Waals surface area contributed by atoms with Gasteiger partial charge in [0.15, 0.2) is 0 Å². The zero-order chi connectivity index (χ0) is 35.1. The predicted molar refractivity (Wildman–Crippen MR) is 223 cm³/mol. The second-order valence-corrected chi connectivity index (χ2v) is 16.9. The van der Waals surface area contributed by atoms with Gasteiger partial charge < -0.3 is 0 Å². The summed E-state index contributed by atoms with van der Waals surface area (Å²) in [5, 5.41) is 0. The van der Waals surface area contributed by atoms with Gasteiger partial charge in [-0.3, -0.25) is 4.90 Å². The van der Waals surface area contributed by atoms with Crippen LogP contribution in [0.15, 0.2) is 0 Å². The van der Waals surface area contributed by atoms with Gasteiger partial charge in [-0.25, -0.2) is 0 Å². The topological polar surface area (TPSA) is 3.24 Å². The average molecular weight is 676 g/mol. The van der Waals surface area contributed by atoms with E-state index in [1.54, 1.807) is 0 Å². The van der Waals surface area contributed by atoms with E-state index < -0.39 is 0 Å². The molecule has 0 aliphatic rings. The lowest BCUT2D eigenvalue weighted by molar-refractivity contribution is 0.102. The van der Waals surface area contributed by atoms with E-state index in [0.29, 0.717) is 5.54 Å². The molecule has 48 heavy (non-hydrogen) atoms. The summed E-state index contributed by atoms with van der Waals surface area (Å²) >= 11 is 0. The van der Waals surface area contributed by atoms with Crippen LogP contribution in [0.4, 0.5) is 0 Å². The SMILES string of the molecule is CCCCCCCCCCCCCCCN(CCCCCCCCCCCCCCC)C(C)(C)CCCCCCCCCCCCCC. The molecule has 0 unspecified atom stereocenters. The molecule has 0 saturated heterocycles. The van der Waals surface area contributed by atoms with Crippen molar-refractivity contribution in [2.24, 2.45) is 0 Å². The van der Waals surface area contributed by atoms with Crippen LogP contribution in [0, 0.1) is 0 Å². The number of hydrogen-bond donors (Lipinski definition) is 0. The molecule has 0 aliphatic carbocycles. The first-order valence-corrected chi connectivity index (χ1v) is 23.3. The Morgan fingerprint density at radius 3 is 0.667 bits per heavy atom. The lowest BCUT2D eigenvalue weighted by Gasteiger charge is -2.39. The van der Waals surface area contributed by atoms with Crippen LogP contribution in [-0.2, 0) is 0 Å². The molecule has 0 aromatic carbocycles. The highest BCUT2D eigenvalue weighted by Gasteiger charge is 2.25. The molecule has 0 heterocycles. The van der Waals surface area contributed by atoms with Crippen LogP contribution in [0.25, 0.3) is 0 Å². The summed E-state index contributed by atoms with van der Waals surface area (Å²) in [6.07, 6.45) is 56.7. The molecule has 1 nitrogen and oxygen atoms in total. The number of hydrogen-bond acceptors (Lipinski definition) is 1. The summed E-state index contributed by atoms with van der Waals surface area (Å²) in [6, 6.07) is 0. The summed E-state index contributed by atoms with van der Waals surface area (Å²) in [7, 11) is 0. The van der Waals surface area contributed by atoms with Crippen molar-refractivity contribution in [3.8, 4) is 0 Å². The standard InChI is InChI=1S/C47H97N/c1-6-9-12-15-18-21-24-27-30-33-36-39-42-45-48(46-43-40-37-34-31-28-25-22-19-16-13-10-7-2)47(4,5)44-41-38-35-32-29-26-23-20-17-14-11-8-3/h6-46H2,1-5H3. The van der Waals surface area contributed by atoms with Crippen molar-refractivity contribution in [3.05, 3.63) is 0 Å². The van der Waals surface area contributed by atoms with Crippen LogP contribution in [0.1, 0.15) is 285 Å². The van der Waals surface area contributed by atoms with Crippen LogP contribution in [0.3, 0.4) is 0 Å². The van der Waals surface area contributed by atoms with Gasteiger partial charge in [0, 0.05) is 5.54 Å². The Kier molecular flexibility index (Phi) is 39.7. The smallest absolute Gasteiger partial charge is 0.0153 e. The zero-order valence-corrected chi connectivity index (χ0v) is 34.9. The van der Waals surface area contributed by atoms with E-state index in [1.165, 1.54) is 264 Å². The molecule has 0 atom stereocenters. The zero-order valence-electron chi connectivity index (χ0n) is 34.9. The maximum atomic E-state index is 2.93. The molecule has 0 radical (unpaired) electrons. The largest absolute Gasteiger partial charge is 0.298 e. The van der Waals surface area contributed by atoms with Crippen molar-refractivity contribution in [3.63, 3.8) is 0 Å². The molecule has 0 aliphatic heterocycles. The molecule has 0 bridgehead atoms. The van der Waals surface area contributed by atoms with Gasteiger partial charge in [0.05, 0.1) is 0 Å². The van der Waals surface area contributed by atoms with Crippen molar-refractivity contribution < 1.29 is 0 Å². The monoisotopic (exact) mass is 676 g/mol. The molecular formula is C47H97N. The van der Waals surface area contributed by atoms with Crippen LogP contribution >= 0.6 is 0 Å². The molecule has 0 rings (SSSR count). The van der Waals surface area contributed by atoms with Gasteiger partial charge >= 0.3 is 0 Å². The second kappa shape index (κ2) is 39.7. The molecule has 0 saturated carbocycles. The van der Waals surface area contributed by atoms with Crippen molar-refractivity contribution in [2.75, 3.05) is 13.1 Å². The van der Waals surface area contributed by atoms with Gasteiger partial charge in [-0.05, 0) is 46.2 Å². The third kappa shape index (κ3) is 35.8. The van der Waals surface area contributed by atoms with Gasteiger partial charge in [-0.15, -0.1) is 0 Å². The van der Waals surface area contributed by atoms with Gasteiger partial charge in [-0.2, -0.15) is 0 Å². The molecular weight excluding hydrogens is 579 g/mol. The van der Waals surface area contributed by atoms with Gasteiger partial charge in [0.1, 0.15) is 0 Å². The molecule has 0 aromatic rings. The van der Waals surface area contributed by atoms with E-state index in [1.807, 2.05) is 0 Å². The number of rotatable bonds is 42. The lowest BCUT2D eigenvalue weighted by atomic mass is 9.92. The first-order chi connectivity index (χ1) is 23.6. The second-order valence-electron chi connectivity index (χ2n) is 16.9. The molecule has 0 N–H and O–H groups in total. The van der Waals surface area contributed by atoms with Crippen LogP contribution in [0.2, 0.25) is 0 Å². The minimum absolute atomic E-state index is 0.368. The summed E-state index contributed by atoms with van der Waals surface area (Å²) < 4.78 is 0. The minimum atomic E-state index is 0.368. The highest BCUT2D eigenvalue weighted by molar-refractivity contribution is 4.81. The Morgan fingerprint density at radius 2 is 0.438 bits per heavy atom. The quantitative estimate of drug-likeness (QED) is 0.0582. The Morgan fingerprint density at radius 1 is 0.250 bits per heavy atom. The molecule has 0 amide bonds. The van der Waals surface area contributed by atoms with Crippen LogP contribution in [-0.4, -0.2) is 23.5 Å². The Balaban J connectivity index is 4.21. The van der Waals surface area contributed by atoms with Crippen molar-refractivity contribution in [2.45, 2.75) is 291 Å². The summed E-state index contributed by atoms with van der Waals surface area (Å²) in [5.41, 5.74) is 0.368. The third-order valence-corrected chi connectivity index (χ3v) is 11.6. The molecule has 290 valence electrons. The Bertz CT molecular complexity index is 537. The van der Waals surface area contributed by atoms with Gasteiger partial charge in [0.25, 0.3) is 0 Å². The van der Waals surface area contributed by atoms with E-state index in [2.05, 4.69) is 39.5 Å². The van der Waals surface area contributed by atoms with E-state index in [4.69, 9.17) is 0 Å². The average Bonchev–Trinajstić information content (AvgIpc) is 3.08. The normalized spacial score (nSPS) is 12.1. The molecule has 0 fully saturated rings. The van der Waals surface area contributed by atoms with Crippen molar-refractivity contribution in [1.29, 1.82) is 0 Å². The lowest BCUT2D eigenvalue weighted by Crippen LogP contribution is -2.45. The Hall–Kier alpha value is -0.0400. The van der Waals surface area contributed by atoms with Crippen molar-refractivity contribution >= 4 is 0 Å². The molecule has 0 aromatic heterocycles. The maximum Gasteiger partial charge on any atom is 0.0153 e. The maximum absolute atomic E-state index is 2.93. The van der Waals surface area contributed by atoms with E-state index >= 15 is 0 Å². The molecule has 1 heteroatoms. The first-order valence-electron chi connectivity index (χ1n) is 23.3.